The molecule has 6 nitrogen and oxygen atoms in total. The van der Waals surface area contributed by atoms with Crippen molar-refractivity contribution in [1.82, 2.24) is 15.5 Å². The molecule has 2 saturated heterocycles. The number of nitrogens with zero attached hydrogens (tertiary/aromatic N) is 1. The van der Waals surface area contributed by atoms with Gasteiger partial charge in [-0.25, -0.2) is 0 Å². The first kappa shape index (κ1) is 21.6. The number of rotatable bonds is 9. The van der Waals surface area contributed by atoms with E-state index in [2.05, 4.69) is 46.7 Å². The average Bonchev–Trinajstić information content (AvgIpc) is 3.50. The van der Waals surface area contributed by atoms with Gasteiger partial charge >= 0.3 is 0 Å². The first-order valence-electron chi connectivity index (χ1n) is 11.4. The standard InChI is InChI=1S/C25H33N3O3/c1-19-5-2-3-7-22(19)20-10-14-28(18-20)15-13-26-23(29)8-11-25(12-9-24(30)27-25)17-21-6-4-16-31-21/h2-7,16,20H,8-15,17-18H2,1H3,(H,26,29)(H,27,30). The second-order valence-corrected chi connectivity index (χ2v) is 9.08. The molecule has 0 saturated carbocycles. The number of nitrogens with one attached hydrogen (secondary N) is 2. The highest BCUT2D eigenvalue weighted by Crippen LogP contribution is 2.30. The lowest BCUT2D eigenvalue weighted by atomic mass is 9.87. The molecule has 6 heteroatoms. The van der Waals surface area contributed by atoms with E-state index < -0.39 is 0 Å². The molecule has 0 aliphatic carbocycles. The number of carbonyl (C=O) groups excluding carboxylic acids is 2. The summed E-state index contributed by atoms with van der Waals surface area (Å²) in [6.07, 6.45) is 5.75. The van der Waals surface area contributed by atoms with Crippen molar-refractivity contribution in [3.63, 3.8) is 0 Å². The first-order valence-corrected chi connectivity index (χ1v) is 11.4. The lowest BCUT2D eigenvalue weighted by Crippen LogP contribution is -2.44. The van der Waals surface area contributed by atoms with Crippen molar-refractivity contribution in [2.45, 2.75) is 56.9 Å². The summed E-state index contributed by atoms with van der Waals surface area (Å²) in [6, 6.07) is 12.4. The van der Waals surface area contributed by atoms with Gasteiger partial charge in [0.05, 0.1) is 6.26 Å². The highest BCUT2D eigenvalue weighted by molar-refractivity contribution is 5.80. The topological polar surface area (TPSA) is 74.6 Å². The van der Waals surface area contributed by atoms with Gasteiger partial charge in [0.2, 0.25) is 11.8 Å². The van der Waals surface area contributed by atoms with Crippen LogP contribution in [0.3, 0.4) is 0 Å². The average molecular weight is 424 g/mol. The minimum absolute atomic E-state index is 0.0506. The molecule has 2 unspecified atom stereocenters. The van der Waals surface area contributed by atoms with Crippen LogP contribution in [-0.4, -0.2) is 48.4 Å². The predicted octanol–water partition coefficient (Wildman–Crippen LogP) is 3.17. The number of furan rings is 1. The van der Waals surface area contributed by atoms with Crippen LogP contribution in [-0.2, 0) is 16.0 Å². The molecule has 4 rings (SSSR count). The van der Waals surface area contributed by atoms with E-state index >= 15 is 0 Å². The molecule has 0 radical (unpaired) electrons. The van der Waals surface area contributed by atoms with Crippen LogP contribution in [0.4, 0.5) is 0 Å². The number of aryl methyl sites for hydroxylation is 1. The third-order valence-corrected chi connectivity index (χ3v) is 6.81. The summed E-state index contributed by atoms with van der Waals surface area (Å²) in [5.74, 6) is 1.54. The van der Waals surface area contributed by atoms with Gasteiger partial charge in [-0.05, 0) is 61.9 Å². The molecule has 2 aliphatic heterocycles. The molecule has 2 N–H and O–H groups in total. The molecule has 1 aromatic carbocycles. The third kappa shape index (κ3) is 5.56. The second-order valence-electron chi connectivity index (χ2n) is 9.08. The van der Waals surface area contributed by atoms with Crippen molar-refractivity contribution < 1.29 is 14.0 Å². The van der Waals surface area contributed by atoms with Crippen LogP contribution in [0, 0.1) is 6.92 Å². The second kappa shape index (κ2) is 9.69. The molecular formula is C25H33N3O3. The molecule has 166 valence electrons. The Balaban J connectivity index is 1.20. The monoisotopic (exact) mass is 423 g/mol. The van der Waals surface area contributed by atoms with Crippen LogP contribution in [0.25, 0.3) is 0 Å². The third-order valence-electron chi connectivity index (χ3n) is 6.81. The maximum Gasteiger partial charge on any atom is 0.220 e. The van der Waals surface area contributed by atoms with Gasteiger partial charge in [0.1, 0.15) is 5.76 Å². The number of likely N-dealkylation sites (tertiary alicyclic amines) is 1. The lowest BCUT2D eigenvalue weighted by Gasteiger charge is -2.28. The van der Waals surface area contributed by atoms with Gasteiger partial charge in [-0.3, -0.25) is 9.59 Å². The number of amides is 2. The number of carbonyl (C=O) groups is 2. The van der Waals surface area contributed by atoms with Gasteiger partial charge in [-0.15, -0.1) is 0 Å². The molecule has 0 spiro atoms. The van der Waals surface area contributed by atoms with Crippen molar-refractivity contribution in [3.8, 4) is 0 Å². The van der Waals surface area contributed by atoms with Gasteiger partial charge in [-0.2, -0.15) is 0 Å². The Labute approximate surface area is 184 Å². The van der Waals surface area contributed by atoms with Crippen molar-refractivity contribution in [3.05, 3.63) is 59.5 Å². The Morgan fingerprint density at radius 2 is 2.16 bits per heavy atom. The quantitative estimate of drug-likeness (QED) is 0.650. The van der Waals surface area contributed by atoms with Crippen molar-refractivity contribution >= 4 is 11.8 Å². The Morgan fingerprint density at radius 1 is 1.29 bits per heavy atom. The van der Waals surface area contributed by atoms with E-state index in [0.717, 1.165) is 31.8 Å². The first-order chi connectivity index (χ1) is 15.0. The maximum absolute atomic E-state index is 12.5. The van der Waals surface area contributed by atoms with Gasteiger partial charge < -0.3 is 20.0 Å². The maximum atomic E-state index is 12.5. The molecule has 1 aromatic heterocycles. The Kier molecular flexibility index (Phi) is 6.76. The van der Waals surface area contributed by atoms with Crippen LogP contribution >= 0.6 is 0 Å². The molecule has 2 atom stereocenters. The Bertz CT molecular complexity index is 895. The molecule has 2 amide bonds. The van der Waals surface area contributed by atoms with Crippen LogP contribution in [0.2, 0.25) is 0 Å². The van der Waals surface area contributed by atoms with E-state index in [1.807, 2.05) is 12.1 Å². The normalized spacial score (nSPS) is 23.8. The zero-order valence-electron chi connectivity index (χ0n) is 18.4. The summed E-state index contributed by atoms with van der Waals surface area (Å²) in [4.78, 5) is 26.8. The number of hydrogen-bond donors (Lipinski definition) is 2. The zero-order chi connectivity index (χ0) is 21.7. The summed E-state index contributed by atoms with van der Waals surface area (Å²) in [5.41, 5.74) is 2.45. The summed E-state index contributed by atoms with van der Waals surface area (Å²) >= 11 is 0. The van der Waals surface area contributed by atoms with E-state index in [1.54, 1.807) is 6.26 Å². The highest BCUT2D eigenvalue weighted by atomic mass is 16.3. The van der Waals surface area contributed by atoms with E-state index in [1.165, 1.54) is 17.5 Å². The van der Waals surface area contributed by atoms with Crippen molar-refractivity contribution in [2.24, 2.45) is 0 Å². The van der Waals surface area contributed by atoms with Crippen molar-refractivity contribution in [1.29, 1.82) is 0 Å². The largest absolute Gasteiger partial charge is 0.469 e. The molecule has 2 fully saturated rings. The molecule has 0 bridgehead atoms. The summed E-state index contributed by atoms with van der Waals surface area (Å²) < 4.78 is 5.47. The fourth-order valence-electron chi connectivity index (χ4n) is 5.06. The van der Waals surface area contributed by atoms with Crippen LogP contribution in [0.5, 0.6) is 0 Å². The van der Waals surface area contributed by atoms with Gasteiger partial charge in [-0.1, -0.05) is 24.3 Å². The van der Waals surface area contributed by atoms with Gasteiger partial charge in [0.15, 0.2) is 0 Å². The van der Waals surface area contributed by atoms with Crippen molar-refractivity contribution in [2.75, 3.05) is 26.2 Å². The Morgan fingerprint density at radius 3 is 2.90 bits per heavy atom. The Hall–Kier alpha value is -2.60. The SMILES string of the molecule is Cc1ccccc1C1CCN(CCNC(=O)CCC2(Cc3ccco3)CCC(=O)N2)C1. The van der Waals surface area contributed by atoms with Crippen LogP contribution in [0.15, 0.2) is 47.1 Å². The summed E-state index contributed by atoms with van der Waals surface area (Å²) in [5, 5.41) is 6.17. The highest BCUT2D eigenvalue weighted by Gasteiger charge is 2.38. The zero-order valence-corrected chi connectivity index (χ0v) is 18.4. The van der Waals surface area contributed by atoms with Crippen LogP contribution < -0.4 is 10.6 Å². The minimum Gasteiger partial charge on any atom is -0.469 e. The van der Waals surface area contributed by atoms with E-state index in [4.69, 9.17) is 4.42 Å². The summed E-state index contributed by atoms with van der Waals surface area (Å²) in [7, 11) is 0. The predicted molar refractivity (Wildman–Crippen MR) is 120 cm³/mol. The lowest BCUT2D eigenvalue weighted by molar-refractivity contribution is -0.122. The summed E-state index contributed by atoms with van der Waals surface area (Å²) in [6.45, 7) is 5.86. The van der Waals surface area contributed by atoms with E-state index in [0.29, 0.717) is 38.1 Å². The van der Waals surface area contributed by atoms with Gasteiger partial charge in [0, 0.05) is 44.4 Å². The molecule has 2 aliphatic rings. The molecular weight excluding hydrogens is 390 g/mol. The molecule has 2 aromatic rings. The fourth-order valence-corrected chi connectivity index (χ4v) is 5.06. The number of hydrogen-bond acceptors (Lipinski definition) is 4. The fraction of sp³-hybridized carbons (Fsp3) is 0.520. The van der Waals surface area contributed by atoms with E-state index in [9.17, 15) is 9.59 Å². The number of benzene rings is 1. The molecule has 3 heterocycles. The molecule has 31 heavy (non-hydrogen) atoms. The van der Waals surface area contributed by atoms with Crippen LogP contribution in [0.1, 0.15) is 54.9 Å². The van der Waals surface area contributed by atoms with E-state index in [-0.39, 0.29) is 17.4 Å². The van der Waals surface area contributed by atoms with Gasteiger partial charge in [0.25, 0.3) is 0 Å². The minimum atomic E-state index is -0.373. The smallest absolute Gasteiger partial charge is 0.220 e.